The Balaban J connectivity index is 1.96. The van der Waals surface area contributed by atoms with Crippen molar-refractivity contribution in [2.24, 2.45) is 0 Å². The van der Waals surface area contributed by atoms with Crippen molar-refractivity contribution in [3.63, 3.8) is 0 Å². The fourth-order valence-corrected chi connectivity index (χ4v) is 2.40. The fraction of sp³-hybridized carbons (Fsp3) is 0.231. The number of halogens is 3. The maximum absolute atomic E-state index is 12.7. The van der Waals surface area contributed by atoms with E-state index >= 15 is 0 Å². The van der Waals surface area contributed by atoms with Crippen LogP contribution in [0, 0.1) is 0 Å². The molecule has 1 aliphatic heterocycles. The van der Waals surface area contributed by atoms with E-state index in [4.69, 9.17) is 10.8 Å². The first kappa shape index (κ1) is 14.2. The van der Waals surface area contributed by atoms with Crippen molar-refractivity contribution in [1.29, 1.82) is 0 Å². The van der Waals surface area contributed by atoms with Crippen LogP contribution in [0.25, 0.3) is 5.69 Å². The number of alkyl halides is 3. The Morgan fingerprint density at radius 3 is 2.55 bits per heavy atom. The van der Waals surface area contributed by atoms with Gasteiger partial charge in [-0.1, -0.05) is 6.07 Å². The minimum absolute atomic E-state index is 0.196. The highest BCUT2D eigenvalue weighted by Crippen LogP contribution is 2.33. The van der Waals surface area contributed by atoms with Crippen molar-refractivity contribution in [3.8, 4) is 5.69 Å². The molecule has 2 heterocycles. The minimum atomic E-state index is -4.62. The van der Waals surface area contributed by atoms with Crippen LogP contribution in [-0.4, -0.2) is 25.9 Å². The van der Waals surface area contributed by atoms with Crippen LogP contribution < -0.4 is 5.73 Å². The molecule has 0 unspecified atom stereocenters. The molecule has 0 saturated carbocycles. The molecule has 0 aliphatic carbocycles. The lowest BCUT2D eigenvalue weighted by Gasteiger charge is -2.08. The minimum Gasteiger partial charge on any atom is -0.465 e. The van der Waals surface area contributed by atoms with Crippen molar-refractivity contribution >= 4 is 11.8 Å². The first-order valence-electron chi connectivity index (χ1n) is 6.28. The van der Waals surface area contributed by atoms with Crippen LogP contribution in [0.1, 0.15) is 16.8 Å². The van der Waals surface area contributed by atoms with Crippen molar-refractivity contribution in [1.82, 2.24) is 14.7 Å². The van der Waals surface area contributed by atoms with Crippen LogP contribution in [0.3, 0.4) is 0 Å². The molecule has 1 aliphatic rings. The van der Waals surface area contributed by atoms with E-state index < -0.39 is 23.7 Å². The van der Waals surface area contributed by atoms with Crippen molar-refractivity contribution in [2.45, 2.75) is 19.3 Å². The van der Waals surface area contributed by atoms with Gasteiger partial charge in [0.1, 0.15) is 0 Å². The normalized spacial score (nSPS) is 14.2. The smallest absolute Gasteiger partial charge is 0.437 e. The Morgan fingerprint density at radius 2 is 1.95 bits per heavy atom. The molecule has 3 rings (SSSR count). The average Bonchev–Trinajstić information content (AvgIpc) is 3.00. The maximum atomic E-state index is 12.7. The van der Waals surface area contributed by atoms with Gasteiger partial charge in [0.2, 0.25) is 0 Å². The maximum Gasteiger partial charge on any atom is 0.437 e. The van der Waals surface area contributed by atoms with Crippen LogP contribution in [0.4, 0.5) is 23.7 Å². The Kier molecular flexibility index (Phi) is 3.01. The van der Waals surface area contributed by atoms with Crippen LogP contribution in [-0.2, 0) is 19.3 Å². The zero-order valence-electron chi connectivity index (χ0n) is 11.1. The molecule has 2 aromatic rings. The van der Waals surface area contributed by atoms with Crippen LogP contribution in [0.15, 0.2) is 24.4 Å². The summed E-state index contributed by atoms with van der Waals surface area (Å²) in [6.07, 6.45) is -4.57. The predicted octanol–water partition coefficient (Wildman–Crippen LogP) is 2.47. The number of anilines is 1. The molecule has 3 N–H and O–H groups in total. The molecule has 22 heavy (non-hydrogen) atoms. The SMILES string of the molecule is Nc1cn(-c2ccc3c(c2)CN(C(=O)O)C3)nc1C(F)(F)F. The van der Waals surface area contributed by atoms with E-state index in [9.17, 15) is 18.0 Å². The average molecular weight is 312 g/mol. The number of hydrogen-bond donors (Lipinski definition) is 2. The fourth-order valence-electron chi connectivity index (χ4n) is 2.40. The third kappa shape index (κ3) is 2.34. The van der Waals surface area contributed by atoms with Gasteiger partial charge in [-0.15, -0.1) is 0 Å². The van der Waals surface area contributed by atoms with E-state index in [-0.39, 0.29) is 13.1 Å². The van der Waals surface area contributed by atoms with Gasteiger partial charge in [0.15, 0.2) is 5.69 Å². The second-order valence-electron chi connectivity index (χ2n) is 4.97. The van der Waals surface area contributed by atoms with Gasteiger partial charge in [0.05, 0.1) is 17.6 Å². The number of nitrogens with two attached hydrogens (primary N) is 1. The lowest BCUT2D eigenvalue weighted by molar-refractivity contribution is -0.140. The number of fused-ring (bicyclic) bond motifs is 1. The summed E-state index contributed by atoms with van der Waals surface area (Å²) in [6, 6.07) is 4.88. The number of benzene rings is 1. The summed E-state index contributed by atoms with van der Waals surface area (Å²) >= 11 is 0. The highest BCUT2D eigenvalue weighted by Gasteiger charge is 2.36. The number of hydrogen-bond acceptors (Lipinski definition) is 3. The number of carbonyl (C=O) groups is 1. The van der Waals surface area contributed by atoms with Gasteiger partial charge in [0, 0.05) is 13.1 Å². The Hall–Kier alpha value is -2.71. The topological polar surface area (TPSA) is 84.4 Å². The second-order valence-corrected chi connectivity index (χ2v) is 4.97. The van der Waals surface area contributed by atoms with Gasteiger partial charge in [-0.05, 0) is 23.3 Å². The number of rotatable bonds is 1. The molecule has 1 amide bonds. The number of nitrogen functional groups attached to an aromatic ring is 1. The van der Waals surface area contributed by atoms with E-state index in [1.807, 2.05) is 0 Å². The molecule has 0 atom stereocenters. The third-order valence-corrected chi connectivity index (χ3v) is 3.46. The Labute approximate surface area is 122 Å². The van der Waals surface area contributed by atoms with E-state index in [1.54, 1.807) is 18.2 Å². The molecule has 0 radical (unpaired) electrons. The zero-order chi connectivity index (χ0) is 16.1. The van der Waals surface area contributed by atoms with E-state index in [0.29, 0.717) is 5.69 Å². The molecule has 1 aromatic heterocycles. The van der Waals surface area contributed by atoms with E-state index in [2.05, 4.69) is 5.10 Å². The monoisotopic (exact) mass is 312 g/mol. The molecule has 0 saturated heterocycles. The lowest BCUT2D eigenvalue weighted by Crippen LogP contribution is -2.22. The zero-order valence-corrected chi connectivity index (χ0v) is 11.1. The van der Waals surface area contributed by atoms with Crippen molar-refractivity contribution in [3.05, 3.63) is 41.2 Å². The molecular formula is C13H11F3N4O2. The summed E-state index contributed by atoms with van der Waals surface area (Å²) in [4.78, 5) is 12.2. The van der Waals surface area contributed by atoms with E-state index in [1.165, 1.54) is 4.90 Å². The largest absolute Gasteiger partial charge is 0.465 e. The first-order valence-corrected chi connectivity index (χ1v) is 6.28. The first-order chi connectivity index (χ1) is 10.3. The summed E-state index contributed by atoms with van der Waals surface area (Å²) in [5.74, 6) is 0. The van der Waals surface area contributed by atoms with Crippen LogP contribution >= 0.6 is 0 Å². The highest BCUT2D eigenvalue weighted by molar-refractivity contribution is 5.66. The standard InChI is InChI=1S/C13H11F3N4O2/c14-13(15,16)11-10(17)6-20(18-11)9-2-1-7-4-19(12(21)22)5-8(7)3-9/h1-3,6H,4-5,17H2,(H,21,22). The molecule has 0 bridgehead atoms. The number of nitrogens with zero attached hydrogens (tertiary/aromatic N) is 3. The summed E-state index contributed by atoms with van der Waals surface area (Å²) in [6.45, 7) is 0.460. The van der Waals surface area contributed by atoms with Gasteiger partial charge < -0.3 is 10.8 Å². The second kappa shape index (κ2) is 4.65. The molecule has 0 spiro atoms. The summed E-state index contributed by atoms with van der Waals surface area (Å²) in [5.41, 5.74) is 5.71. The number of amides is 1. The van der Waals surface area contributed by atoms with Gasteiger partial charge in [-0.3, -0.25) is 4.90 Å². The van der Waals surface area contributed by atoms with Gasteiger partial charge in [-0.2, -0.15) is 18.3 Å². The third-order valence-electron chi connectivity index (χ3n) is 3.46. The van der Waals surface area contributed by atoms with Gasteiger partial charge in [-0.25, -0.2) is 9.48 Å². The molecule has 6 nitrogen and oxygen atoms in total. The Bertz CT molecular complexity index is 754. The Morgan fingerprint density at radius 1 is 1.27 bits per heavy atom. The molecule has 0 fully saturated rings. The van der Waals surface area contributed by atoms with Crippen molar-refractivity contribution in [2.75, 3.05) is 5.73 Å². The molecule has 116 valence electrons. The highest BCUT2D eigenvalue weighted by atomic mass is 19.4. The van der Waals surface area contributed by atoms with Crippen molar-refractivity contribution < 1.29 is 23.1 Å². The lowest BCUT2D eigenvalue weighted by atomic mass is 10.1. The van der Waals surface area contributed by atoms with Gasteiger partial charge in [0.25, 0.3) is 0 Å². The quantitative estimate of drug-likeness (QED) is 0.847. The number of carboxylic acid groups (broad SMARTS) is 1. The molecular weight excluding hydrogens is 301 g/mol. The summed E-state index contributed by atoms with van der Waals surface area (Å²) in [7, 11) is 0. The summed E-state index contributed by atoms with van der Waals surface area (Å²) in [5, 5.41) is 12.4. The molecule has 9 heteroatoms. The van der Waals surface area contributed by atoms with Crippen LogP contribution in [0.2, 0.25) is 0 Å². The predicted molar refractivity (Wildman–Crippen MR) is 70.3 cm³/mol. The summed E-state index contributed by atoms with van der Waals surface area (Å²) < 4.78 is 39.2. The molecule has 1 aromatic carbocycles. The number of aromatic nitrogens is 2. The van der Waals surface area contributed by atoms with Crippen LogP contribution in [0.5, 0.6) is 0 Å². The van der Waals surface area contributed by atoms with Gasteiger partial charge >= 0.3 is 12.3 Å². The van der Waals surface area contributed by atoms with E-state index in [0.717, 1.165) is 22.0 Å².